The van der Waals surface area contributed by atoms with Crippen LogP contribution in [0.1, 0.15) is 22.3 Å². The molecule has 0 unspecified atom stereocenters. The van der Waals surface area contributed by atoms with Crippen LogP contribution in [0.2, 0.25) is 0 Å². The zero-order valence-electron chi connectivity index (χ0n) is 8.03. The highest BCUT2D eigenvalue weighted by Gasteiger charge is 2.06. The second-order valence-electron chi connectivity index (χ2n) is 2.88. The van der Waals surface area contributed by atoms with Crippen LogP contribution >= 0.6 is 0 Å². The minimum absolute atomic E-state index is 0.00961. The Morgan fingerprint density at radius 1 is 1.47 bits per heavy atom. The second-order valence-corrected chi connectivity index (χ2v) is 2.88. The van der Waals surface area contributed by atoms with Crippen molar-refractivity contribution in [2.45, 2.75) is 6.42 Å². The second kappa shape index (κ2) is 5.03. The van der Waals surface area contributed by atoms with Gasteiger partial charge in [-0.2, -0.15) is 0 Å². The lowest BCUT2D eigenvalue weighted by Gasteiger charge is -2.00. The molecule has 0 saturated heterocycles. The number of carbonyl (C=O) groups is 1. The first kappa shape index (κ1) is 11.1. The Morgan fingerprint density at radius 2 is 2.20 bits per heavy atom. The van der Waals surface area contributed by atoms with Gasteiger partial charge in [0.15, 0.2) is 0 Å². The van der Waals surface area contributed by atoms with Crippen molar-refractivity contribution in [1.82, 2.24) is 0 Å². The monoisotopic (exact) mass is 205 g/mol. The van der Waals surface area contributed by atoms with Crippen LogP contribution in [0.25, 0.3) is 0 Å². The van der Waals surface area contributed by atoms with Crippen LogP contribution in [0, 0.1) is 11.8 Å². The first-order chi connectivity index (χ1) is 7.15. The molecule has 0 atom stereocenters. The average molecular weight is 205 g/mol. The highest BCUT2D eigenvalue weighted by Crippen LogP contribution is 2.13. The Hall–Kier alpha value is -1.99. The van der Waals surface area contributed by atoms with E-state index in [1.165, 1.54) is 12.1 Å². The van der Waals surface area contributed by atoms with Crippen molar-refractivity contribution >= 4 is 11.7 Å². The van der Waals surface area contributed by atoms with Crippen molar-refractivity contribution in [2.24, 2.45) is 0 Å². The van der Waals surface area contributed by atoms with Gasteiger partial charge in [0, 0.05) is 17.7 Å². The molecule has 0 heterocycles. The van der Waals surface area contributed by atoms with Gasteiger partial charge in [0.05, 0.1) is 12.2 Å². The number of aromatic carboxylic acids is 1. The first-order valence-electron chi connectivity index (χ1n) is 4.37. The number of hydrogen-bond donors (Lipinski definition) is 3. The lowest BCUT2D eigenvalue weighted by atomic mass is 10.1. The number of carboxylic acid groups (broad SMARTS) is 1. The van der Waals surface area contributed by atoms with Crippen LogP contribution in [-0.4, -0.2) is 22.8 Å². The molecule has 0 aliphatic heterocycles. The summed E-state index contributed by atoms with van der Waals surface area (Å²) in [6.45, 7) is 0.00961. The van der Waals surface area contributed by atoms with E-state index in [0.717, 1.165) is 0 Å². The van der Waals surface area contributed by atoms with Gasteiger partial charge in [0.1, 0.15) is 0 Å². The number of nitrogen functional groups attached to an aromatic ring is 1. The number of carboxylic acids is 1. The molecule has 0 amide bonds. The summed E-state index contributed by atoms with van der Waals surface area (Å²) in [6.07, 6.45) is 0.389. The highest BCUT2D eigenvalue weighted by molar-refractivity contribution is 5.93. The van der Waals surface area contributed by atoms with Gasteiger partial charge >= 0.3 is 5.97 Å². The van der Waals surface area contributed by atoms with E-state index in [1.807, 2.05) is 0 Å². The summed E-state index contributed by atoms with van der Waals surface area (Å²) in [4.78, 5) is 10.6. The van der Waals surface area contributed by atoms with Gasteiger partial charge < -0.3 is 15.9 Å². The fourth-order valence-electron chi connectivity index (χ4n) is 1.06. The van der Waals surface area contributed by atoms with Crippen LogP contribution in [-0.2, 0) is 0 Å². The van der Waals surface area contributed by atoms with E-state index in [-0.39, 0.29) is 17.9 Å². The maximum absolute atomic E-state index is 10.6. The predicted octanol–water partition coefficient (Wildman–Crippen LogP) is 0.701. The Morgan fingerprint density at radius 3 is 2.73 bits per heavy atom. The van der Waals surface area contributed by atoms with Crippen molar-refractivity contribution < 1.29 is 15.0 Å². The summed E-state index contributed by atoms with van der Waals surface area (Å²) in [6, 6.07) is 4.51. The average Bonchev–Trinajstić information content (AvgIpc) is 2.17. The smallest absolute Gasteiger partial charge is 0.337 e. The van der Waals surface area contributed by atoms with E-state index < -0.39 is 5.97 Å². The van der Waals surface area contributed by atoms with Crippen molar-refractivity contribution in [3.8, 4) is 11.8 Å². The molecule has 1 aromatic carbocycles. The van der Waals surface area contributed by atoms with E-state index >= 15 is 0 Å². The number of rotatable bonds is 2. The normalized spacial score (nSPS) is 9.13. The van der Waals surface area contributed by atoms with E-state index in [4.69, 9.17) is 15.9 Å². The summed E-state index contributed by atoms with van der Waals surface area (Å²) in [5.74, 6) is 4.44. The molecule has 0 aromatic heterocycles. The predicted molar refractivity (Wildman–Crippen MR) is 56.4 cm³/mol. The third-order valence-electron chi connectivity index (χ3n) is 1.75. The number of hydrogen-bond acceptors (Lipinski definition) is 3. The Balaban J connectivity index is 2.93. The molecule has 0 fully saturated rings. The molecule has 1 rings (SSSR count). The van der Waals surface area contributed by atoms with Crippen LogP contribution in [0.4, 0.5) is 5.69 Å². The molecule has 78 valence electrons. The minimum atomic E-state index is -1.05. The lowest BCUT2D eigenvalue weighted by Crippen LogP contribution is -2.02. The Bertz CT molecular complexity index is 429. The molecular formula is C11H11NO3. The summed E-state index contributed by atoms with van der Waals surface area (Å²) in [5.41, 5.74) is 6.44. The van der Waals surface area contributed by atoms with Crippen molar-refractivity contribution in [3.05, 3.63) is 29.3 Å². The number of benzene rings is 1. The number of aliphatic hydroxyl groups is 1. The third-order valence-corrected chi connectivity index (χ3v) is 1.75. The van der Waals surface area contributed by atoms with E-state index in [2.05, 4.69) is 11.8 Å². The largest absolute Gasteiger partial charge is 0.478 e. The quantitative estimate of drug-likeness (QED) is 0.490. The number of anilines is 1. The first-order valence-corrected chi connectivity index (χ1v) is 4.37. The van der Waals surface area contributed by atoms with E-state index in [1.54, 1.807) is 6.07 Å². The summed E-state index contributed by atoms with van der Waals surface area (Å²) in [7, 11) is 0. The molecule has 0 spiro atoms. The number of nitrogens with two attached hydrogens (primary N) is 1. The van der Waals surface area contributed by atoms with Crippen molar-refractivity contribution in [1.29, 1.82) is 0 Å². The van der Waals surface area contributed by atoms with Gasteiger partial charge in [-0.05, 0) is 18.2 Å². The van der Waals surface area contributed by atoms with Gasteiger partial charge in [-0.3, -0.25) is 0 Å². The van der Waals surface area contributed by atoms with Crippen LogP contribution in [0.15, 0.2) is 18.2 Å². The van der Waals surface area contributed by atoms with Gasteiger partial charge in [0.25, 0.3) is 0 Å². The van der Waals surface area contributed by atoms with Gasteiger partial charge in [0.2, 0.25) is 0 Å². The molecular weight excluding hydrogens is 194 g/mol. The van der Waals surface area contributed by atoms with Crippen molar-refractivity contribution in [3.63, 3.8) is 0 Å². The minimum Gasteiger partial charge on any atom is -0.478 e. The third kappa shape index (κ3) is 3.01. The van der Waals surface area contributed by atoms with Crippen LogP contribution in [0.3, 0.4) is 0 Å². The zero-order valence-corrected chi connectivity index (χ0v) is 8.03. The lowest BCUT2D eigenvalue weighted by molar-refractivity contribution is 0.0698. The van der Waals surface area contributed by atoms with Gasteiger partial charge in [-0.15, -0.1) is 0 Å². The maximum atomic E-state index is 10.6. The maximum Gasteiger partial charge on any atom is 0.337 e. The Kier molecular flexibility index (Phi) is 3.72. The van der Waals surface area contributed by atoms with Crippen LogP contribution in [0.5, 0.6) is 0 Å². The molecule has 15 heavy (non-hydrogen) atoms. The fraction of sp³-hybridized carbons (Fsp3) is 0.182. The molecule has 0 aliphatic rings. The summed E-state index contributed by atoms with van der Waals surface area (Å²) in [5, 5.41) is 17.2. The molecule has 0 saturated carbocycles. The molecule has 0 bridgehead atoms. The zero-order chi connectivity index (χ0) is 11.3. The van der Waals surface area contributed by atoms with Crippen LogP contribution < -0.4 is 5.73 Å². The summed E-state index contributed by atoms with van der Waals surface area (Å²) >= 11 is 0. The summed E-state index contributed by atoms with van der Waals surface area (Å²) < 4.78 is 0. The van der Waals surface area contributed by atoms with Crippen molar-refractivity contribution in [2.75, 3.05) is 12.3 Å². The topological polar surface area (TPSA) is 83.5 Å². The molecule has 0 aliphatic carbocycles. The molecule has 4 N–H and O–H groups in total. The Labute approximate surface area is 87.3 Å². The van der Waals surface area contributed by atoms with Gasteiger partial charge in [-0.25, -0.2) is 4.79 Å². The SMILES string of the molecule is Nc1cc(C#CCCO)ccc1C(=O)O. The molecule has 4 heteroatoms. The van der Waals surface area contributed by atoms with E-state index in [9.17, 15) is 4.79 Å². The molecule has 4 nitrogen and oxygen atoms in total. The molecule has 1 aromatic rings. The molecule has 0 radical (unpaired) electrons. The standard InChI is InChI=1S/C11H11NO3/c12-10-7-8(3-1-2-6-13)4-5-9(10)11(14)15/h4-5,7,13H,2,6,12H2,(H,14,15). The highest BCUT2D eigenvalue weighted by atomic mass is 16.4. The number of aliphatic hydroxyl groups excluding tert-OH is 1. The fourth-order valence-corrected chi connectivity index (χ4v) is 1.06. The van der Waals surface area contributed by atoms with E-state index in [0.29, 0.717) is 12.0 Å². The van der Waals surface area contributed by atoms with Gasteiger partial charge in [-0.1, -0.05) is 11.8 Å².